The Morgan fingerprint density at radius 3 is 2.90 bits per heavy atom. The first-order valence-electron chi connectivity index (χ1n) is 7.58. The number of nitrogens with one attached hydrogen (secondary N) is 1. The fraction of sp³-hybridized carbons (Fsp3) is 0.562. The molecular formula is C16H22FN3. The molecule has 3 rings (SSSR count). The molecule has 2 heterocycles. The molecule has 4 heteroatoms. The van der Waals surface area contributed by atoms with Crippen LogP contribution in [0.3, 0.4) is 0 Å². The van der Waals surface area contributed by atoms with Gasteiger partial charge in [0.1, 0.15) is 11.3 Å². The van der Waals surface area contributed by atoms with Crippen LogP contribution in [0.4, 0.5) is 4.39 Å². The van der Waals surface area contributed by atoms with Crippen LogP contribution in [0.15, 0.2) is 18.2 Å². The van der Waals surface area contributed by atoms with Crippen LogP contribution in [0.25, 0.3) is 11.0 Å². The van der Waals surface area contributed by atoms with E-state index in [1.54, 1.807) is 6.07 Å². The zero-order chi connectivity index (χ0) is 14.2. The van der Waals surface area contributed by atoms with Gasteiger partial charge in [-0.3, -0.25) is 0 Å². The summed E-state index contributed by atoms with van der Waals surface area (Å²) in [7, 11) is 0. The summed E-state index contributed by atoms with van der Waals surface area (Å²) in [6.07, 6.45) is 3.32. The summed E-state index contributed by atoms with van der Waals surface area (Å²) in [5, 5.41) is 3.49. The highest BCUT2D eigenvalue weighted by atomic mass is 19.1. The molecule has 1 aliphatic heterocycles. The first kappa shape index (κ1) is 13.6. The van der Waals surface area contributed by atoms with Crippen LogP contribution in [0, 0.1) is 5.82 Å². The molecule has 1 unspecified atom stereocenters. The molecule has 1 aliphatic rings. The number of nitrogens with zero attached hydrogens (tertiary/aromatic N) is 2. The third-order valence-electron chi connectivity index (χ3n) is 4.67. The Balaban J connectivity index is 2.21. The van der Waals surface area contributed by atoms with Crippen LogP contribution >= 0.6 is 0 Å². The van der Waals surface area contributed by atoms with E-state index in [-0.39, 0.29) is 11.2 Å². The Morgan fingerprint density at radius 2 is 2.25 bits per heavy atom. The predicted molar refractivity (Wildman–Crippen MR) is 79.4 cm³/mol. The van der Waals surface area contributed by atoms with Crippen molar-refractivity contribution >= 4 is 11.0 Å². The maximum absolute atomic E-state index is 14.0. The van der Waals surface area contributed by atoms with Gasteiger partial charge < -0.3 is 9.88 Å². The first-order valence-corrected chi connectivity index (χ1v) is 7.58. The molecule has 1 atom stereocenters. The molecule has 1 saturated heterocycles. The minimum absolute atomic E-state index is 0.0414. The monoisotopic (exact) mass is 275 g/mol. The summed E-state index contributed by atoms with van der Waals surface area (Å²) in [5.74, 6) is 0.834. The van der Waals surface area contributed by atoms with E-state index in [9.17, 15) is 4.39 Å². The number of para-hydroxylation sites is 1. The molecule has 1 aromatic carbocycles. The molecule has 2 aromatic rings. The van der Waals surface area contributed by atoms with E-state index >= 15 is 0 Å². The summed E-state index contributed by atoms with van der Waals surface area (Å²) in [5.41, 5.74) is 1.48. The van der Waals surface area contributed by atoms with Gasteiger partial charge in [-0.2, -0.15) is 0 Å². The summed E-state index contributed by atoms with van der Waals surface area (Å²) < 4.78 is 16.2. The molecular weight excluding hydrogens is 253 g/mol. The fourth-order valence-electron chi connectivity index (χ4n) is 3.46. The predicted octanol–water partition coefficient (Wildman–Crippen LogP) is 3.23. The molecule has 1 aromatic heterocycles. The van der Waals surface area contributed by atoms with Crippen molar-refractivity contribution in [2.45, 2.75) is 45.1 Å². The van der Waals surface area contributed by atoms with Crippen molar-refractivity contribution in [3.8, 4) is 0 Å². The topological polar surface area (TPSA) is 29.9 Å². The Morgan fingerprint density at radius 1 is 1.40 bits per heavy atom. The molecule has 0 saturated carbocycles. The lowest BCUT2D eigenvalue weighted by atomic mass is 9.77. The molecule has 0 spiro atoms. The van der Waals surface area contributed by atoms with Crippen LogP contribution in [-0.2, 0) is 12.0 Å². The average molecular weight is 275 g/mol. The fourth-order valence-corrected chi connectivity index (χ4v) is 3.46. The molecule has 1 fully saturated rings. The van der Waals surface area contributed by atoms with E-state index in [2.05, 4.69) is 23.7 Å². The zero-order valence-corrected chi connectivity index (χ0v) is 12.2. The third-order valence-corrected chi connectivity index (χ3v) is 4.67. The lowest BCUT2D eigenvalue weighted by molar-refractivity contribution is 0.280. The number of benzene rings is 1. The SMILES string of the molecule is CCn1c(C2(CC)CCCNC2)nc2c(F)cccc21. The maximum Gasteiger partial charge on any atom is 0.151 e. The van der Waals surface area contributed by atoms with Crippen molar-refractivity contribution in [1.82, 2.24) is 14.9 Å². The van der Waals surface area contributed by atoms with Crippen molar-refractivity contribution in [3.63, 3.8) is 0 Å². The molecule has 0 aliphatic carbocycles. The van der Waals surface area contributed by atoms with E-state index in [0.29, 0.717) is 5.52 Å². The largest absolute Gasteiger partial charge is 0.328 e. The number of hydrogen-bond donors (Lipinski definition) is 1. The lowest BCUT2D eigenvalue weighted by Gasteiger charge is -2.36. The van der Waals surface area contributed by atoms with Gasteiger partial charge in [-0.25, -0.2) is 9.37 Å². The number of piperidine rings is 1. The van der Waals surface area contributed by atoms with Gasteiger partial charge in [-0.1, -0.05) is 13.0 Å². The third kappa shape index (κ3) is 1.94. The Bertz CT molecular complexity index is 611. The second kappa shape index (κ2) is 5.17. The summed E-state index contributed by atoms with van der Waals surface area (Å²) in [6.45, 7) is 7.16. The van der Waals surface area contributed by atoms with E-state index in [0.717, 1.165) is 50.2 Å². The summed E-state index contributed by atoms with van der Waals surface area (Å²) >= 11 is 0. The number of imidazole rings is 1. The van der Waals surface area contributed by atoms with Gasteiger partial charge in [0.2, 0.25) is 0 Å². The average Bonchev–Trinajstić information content (AvgIpc) is 2.88. The Labute approximate surface area is 119 Å². The van der Waals surface area contributed by atoms with Gasteiger partial charge in [-0.05, 0) is 44.9 Å². The minimum atomic E-state index is -0.217. The smallest absolute Gasteiger partial charge is 0.151 e. The van der Waals surface area contributed by atoms with Crippen LogP contribution in [0.2, 0.25) is 0 Å². The van der Waals surface area contributed by atoms with Gasteiger partial charge in [0.15, 0.2) is 5.82 Å². The highest BCUT2D eigenvalue weighted by molar-refractivity contribution is 5.77. The van der Waals surface area contributed by atoms with Gasteiger partial charge in [0.05, 0.1) is 5.52 Å². The molecule has 0 bridgehead atoms. The van der Waals surface area contributed by atoms with Crippen LogP contribution in [0.5, 0.6) is 0 Å². The normalized spacial score (nSPS) is 23.4. The lowest BCUT2D eigenvalue weighted by Crippen LogP contribution is -2.44. The van der Waals surface area contributed by atoms with Crippen LogP contribution < -0.4 is 5.32 Å². The number of aryl methyl sites for hydroxylation is 1. The summed E-state index contributed by atoms with van der Waals surface area (Å²) in [4.78, 5) is 4.70. The highest BCUT2D eigenvalue weighted by Crippen LogP contribution is 2.36. The van der Waals surface area contributed by atoms with Gasteiger partial charge in [0, 0.05) is 18.5 Å². The number of fused-ring (bicyclic) bond motifs is 1. The number of aromatic nitrogens is 2. The van der Waals surface area contributed by atoms with Crippen molar-refractivity contribution in [2.24, 2.45) is 0 Å². The zero-order valence-electron chi connectivity index (χ0n) is 12.2. The number of halogens is 1. The molecule has 0 radical (unpaired) electrons. The van der Waals surface area contributed by atoms with Gasteiger partial charge in [-0.15, -0.1) is 0 Å². The Kier molecular flexibility index (Phi) is 3.50. The second-order valence-corrected chi connectivity index (χ2v) is 5.70. The maximum atomic E-state index is 14.0. The number of rotatable bonds is 3. The Hall–Kier alpha value is -1.42. The summed E-state index contributed by atoms with van der Waals surface area (Å²) in [6, 6.07) is 5.24. The first-order chi connectivity index (χ1) is 9.72. The van der Waals surface area contributed by atoms with Gasteiger partial charge in [0.25, 0.3) is 0 Å². The van der Waals surface area contributed by atoms with E-state index in [1.807, 2.05) is 6.07 Å². The van der Waals surface area contributed by atoms with Crippen LogP contribution in [-0.4, -0.2) is 22.6 Å². The molecule has 20 heavy (non-hydrogen) atoms. The number of hydrogen-bond acceptors (Lipinski definition) is 2. The standard InChI is InChI=1S/C16H22FN3/c1-3-16(9-6-10-18-11-16)15-19-14-12(17)7-5-8-13(14)20(15)4-2/h5,7-8,18H,3-4,6,9-11H2,1-2H3. The van der Waals surface area contributed by atoms with E-state index in [1.165, 1.54) is 6.07 Å². The molecule has 0 amide bonds. The molecule has 108 valence electrons. The molecule has 3 nitrogen and oxygen atoms in total. The van der Waals surface area contributed by atoms with Crippen LogP contribution in [0.1, 0.15) is 38.9 Å². The second-order valence-electron chi connectivity index (χ2n) is 5.70. The van der Waals surface area contributed by atoms with Crippen molar-refractivity contribution in [2.75, 3.05) is 13.1 Å². The van der Waals surface area contributed by atoms with E-state index in [4.69, 9.17) is 4.98 Å². The highest BCUT2D eigenvalue weighted by Gasteiger charge is 2.37. The van der Waals surface area contributed by atoms with Gasteiger partial charge >= 0.3 is 0 Å². The van der Waals surface area contributed by atoms with Crippen molar-refractivity contribution in [1.29, 1.82) is 0 Å². The van der Waals surface area contributed by atoms with Crippen molar-refractivity contribution in [3.05, 3.63) is 29.8 Å². The molecule has 1 N–H and O–H groups in total. The van der Waals surface area contributed by atoms with E-state index < -0.39 is 0 Å². The quantitative estimate of drug-likeness (QED) is 0.932. The van der Waals surface area contributed by atoms with Crippen molar-refractivity contribution < 1.29 is 4.39 Å². The minimum Gasteiger partial charge on any atom is -0.328 e.